The molecule has 1 saturated carbocycles. The van der Waals surface area contributed by atoms with E-state index in [0.29, 0.717) is 6.54 Å². The highest BCUT2D eigenvalue weighted by molar-refractivity contribution is 5.87. The van der Waals surface area contributed by atoms with E-state index in [1.807, 2.05) is 7.05 Å². The summed E-state index contributed by atoms with van der Waals surface area (Å²) in [6, 6.07) is 6.67. The minimum Gasteiger partial charge on any atom is -0.478 e. The number of benzene rings is 1. The third-order valence-corrected chi connectivity index (χ3v) is 4.45. The molecule has 1 fully saturated rings. The van der Waals surface area contributed by atoms with E-state index in [-0.39, 0.29) is 22.8 Å². The zero-order chi connectivity index (χ0) is 14.9. The molecule has 4 nitrogen and oxygen atoms in total. The SMILES string of the molecule is CCC1(C)CC1C(=O)N(C)Cc1ccc(C(=O)O)cc1. The monoisotopic (exact) mass is 275 g/mol. The van der Waals surface area contributed by atoms with Crippen LogP contribution in [0.5, 0.6) is 0 Å². The summed E-state index contributed by atoms with van der Waals surface area (Å²) < 4.78 is 0. The van der Waals surface area contributed by atoms with Crippen LogP contribution < -0.4 is 0 Å². The Kier molecular flexibility index (Phi) is 3.84. The van der Waals surface area contributed by atoms with Crippen LogP contribution in [0.4, 0.5) is 0 Å². The Morgan fingerprint density at radius 2 is 1.95 bits per heavy atom. The number of carboxylic acid groups (broad SMARTS) is 1. The van der Waals surface area contributed by atoms with Gasteiger partial charge in [0.15, 0.2) is 0 Å². The third-order valence-electron chi connectivity index (χ3n) is 4.45. The molecule has 1 amide bonds. The van der Waals surface area contributed by atoms with Crippen molar-refractivity contribution < 1.29 is 14.7 Å². The third kappa shape index (κ3) is 2.84. The van der Waals surface area contributed by atoms with Gasteiger partial charge in [0.25, 0.3) is 0 Å². The van der Waals surface area contributed by atoms with Crippen LogP contribution in [0.25, 0.3) is 0 Å². The van der Waals surface area contributed by atoms with Gasteiger partial charge in [0.2, 0.25) is 5.91 Å². The van der Waals surface area contributed by atoms with Crippen molar-refractivity contribution >= 4 is 11.9 Å². The van der Waals surface area contributed by atoms with E-state index < -0.39 is 5.97 Å². The van der Waals surface area contributed by atoms with Crippen LogP contribution in [-0.2, 0) is 11.3 Å². The van der Waals surface area contributed by atoms with E-state index in [1.165, 1.54) is 0 Å². The molecular formula is C16H21NO3. The zero-order valence-corrected chi connectivity index (χ0v) is 12.2. The maximum Gasteiger partial charge on any atom is 0.335 e. The summed E-state index contributed by atoms with van der Waals surface area (Å²) in [7, 11) is 1.81. The molecule has 0 heterocycles. The normalized spacial score (nSPS) is 24.2. The molecule has 0 spiro atoms. The van der Waals surface area contributed by atoms with Gasteiger partial charge in [-0.25, -0.2) is 4.79 Å². The van der Waals surface area contributed by atoms with Gasteiger partial charge in [0.05, 0.1) is 5.56 Å². The molecule has 1 N–H and O–H groups in total. The van der Waals surface area contributed by atoms with Crippen molar-refractivity contribution in [2.45, 2.75) is 33.2 Å². The molecule has 2 rings (SSSR count). The summed E-state index contributed by atoms with van der Waals surface area (Å²) in [6.45, 7) is 4.80. The van der Waals surface area contributed by atoms with Crippen LogP contribution in [-0.4, -0.2) is 28.9 Å². The van der Waals surface area contributed by atoms with Crippen molar-refractivity contribution in [2.75, 3.05) is 7.05 Å². The Labute approximate surface area is 119 Å². The summed E-state index contributed by atoms with van der Waals surface area (Å²) in [6.07, 6.45) is 2.01. The molecule has 0 bridgehead atoms. The largest absolute Gasteiger partial charge is 0.478 e. The molecular weight excluding hydrogens is 254 g/mol. The van der Waals surface area contributed by atoms with Crippen molar-refractivity contribution in [1.29, 1.82) is 0 Å². The summed E-state index contributed by atoms with van der Waals surface area (Å²) in [5.41, 5.74) is 1.39. The molecule has 1 aromatic rings. The van der Waals surface area contributed by atoms with Crippen LogP contribution in [0.15, 0.2) is 24.3 Å². The molecule has 4 heteroatoms. The average Bonchev–Trinajstić information content (AvgIpc) is 3.11. The molecule has 1 aliphatic carbocycles. The number of nitrogens with zero attached hydrogens (tertiary/aromatic N) is 1. The first kappa shape index (κ1) is 14.6. The average molecular weight is 275 g/mol. The quantitative estimate of drug-likeness (QED) is 0.899. The molecule has 0 radical (unpaired) electrons. The molecule has 1 aliphatic rings. The molecule has 2 unspecified atom stereocenters. The maximum atomic E-state index is 12.3. The Hall–Kier alpha value is -1.84. The number of rotatable bonds is 5. The van der Waals surface area contributed by atoms with Gasteiger partial charge in [-0.15, -0.1) is 0 Å². The Morgan fingerprint density at radius 1 is 1.35 bits per heavy atom. The van der Waals surface area contributed by atoms with Crippen LogP contribution >= 0.6 is 0 Å². The fraction of sp³-hybridized carbons (Fsp3) is 0.500. The van der Waals surface area contributed by atoms with Gasteiger partial charge < -0.3 is 10.0 Å². The second-order valence-electron chi connectivity index (χ2n) is 5.96. The van der Waals surface area contributed by atoms with Crippen molar-refractivity contribution in [3.63, 3.8) is 0 Å². The molecule has 0 saturated heterocycles. The second-order valence-corrected chi connectivity index (χ2v) is 5.96. The molecule has 2 atom stereocenters. The van der Waals surface area contributed by atoms with E-state index in [0.717, 1.165) is 18.4 Å². The van der Waals surface area contributed by atoms with Crippen LogP contribution in [0.2, 0.25) is 0 Å². The molecule has 20 heavy (non-hydrogen) atoms. The number of carbonyl (C=O) groups is 2. The lowest BCUT2D eigenvalue weighted by Crippen LogP contribution is -2.29. The first-order valence-corrected chi connectivity index (χ1v) is 6.94. The minimum atomic E-state index is -0.933. The van der Waals surface area contributed by atoms with Crippen LogP contribution in [0.1, 0.15) is 42.6 Å². The van der Waals surface area contributed by atoms with E-state index in [1.54, 1.807) is 29.2 Å². The van der Waals surface area contributed by atoms with Gasteiger partial charge in [-0.1, -0.05) is 26.0 Å². The predicted octanol–water partition coefficient (Wildman–Crippen LogP) is 2.78. The first-order chi connectivity index (χ1) is 9.37. The fourth-order valence-electron chi connectivity index (χ4n) is 2.55. The van der Waals surface area contributed by atoms with E-state index in [2.05, 4.69) is 13.8 Å². The van der Waals surface area contributed by atoms with Crippen molar-refractivity contribution in [3.8, 4) is 0 Å². The molecule has 1 aromatic carbocycles. The number of aromatic carboxylic acids is 1. The van der Waals surface area contributed by atoms with Gasteiger partial charge in [0.1, 0.15) is 0 Å². The van der Waals surface area contributed by atoms with Crippen molar-refractivity contribution in [2.24, 2.45) is 11.3 Å². The van der Waals surface area contributed by atoms with Crippen molar-refractivity contribution in [3.05, 3.63) is 35.4 Å². The van der Waals surface area contributed by atoms with E-state index in [9.17, 15) is 9.59 Å². The van der Waals surface area contributed by atoms with Crippen LogP contribution in [0, 0.1) is 11.3 Å². The smallest absolute Gasteiger partial charge is 0.335 e. The lowest BCUT2D eigenvalue weighted by Gasteiger charge is -2.19. The number of carbonyl (C=O) groups excluding carboxylic acids is 1. The predicted molar refractivity (Wildman–Crippen MR) is 76.4 cm³/mol. The van der Waals surface area contributed by atoms with Gasteiger partial charge >= 0.3 is 5.97 Å². The maximum absolute atomic E-state index is 12.3. The van der Waals surface area contributed by atoms with Crippen LogP contribution in [0.3, 0.4) is 0 Å². The van der Waals surface area contributed by atoms with Gasteiger partial charge in [0, 0.05) is 19.5 Å². The van der Waals surface area contributed by atoms with Gasteiger partial charge in [-0.05, 0) is 36.0 Å². The van der Waals surface area contributed by atoms with Gasteiger partial charge in [-0.3, -0.25) is 4.79 Å². The molecule has 108 valence electrons. The topological polar surface area (TPSA) is 57.6 Å². The number of carboxylic acids is 1. The number of hydrogen-bond acceptors (Lipinski definition) is 2. The van der Waals surface area contributed by atoms with Gasteiger partial charge in [-0.2, -0.15) is 0 Å². The Morgan fingerprint density at radius 3 is 2.40 bits per heavy atom. The van der Waals surface area contributed by atoms with Crippen molar-refractivity contribution in [1.82, 2.24) is 4.90 Å². The lowest BCUT2D eigenvalue weighted by molar-refractivity contribution is -0.132. The molecule has 0 aliphatic heterocycles. The highest BCUT2D eigenvalue weighted by Gasteiger charge is 2.53. The van der Waals surface area contributed by atoms with E-state index >= 15 is 0 Å². The Balaban J connectivity index is 1.96. The molecule has 0 aromatic heterocycles. The summed E-state index contributed by atoms with van der Waals surface area (Å²) in [4.78, 5) is 24.8. The summed E-state index contributed by atoms with van der Waals surface area (Å²) in [5, 5.41) is 8.85. The van der Waals surface area contributed by atoms with E-state index in [4.69, 9.17) is 5.11 Å². The second kappa shape index (κ2) is 5.27. The zero-order valence-electron chi connectivity index (χ0n) is 12.2. The summed E-state index contributed by atoms with van der Waals surface area (Å²) in [5.74, 6) is -0.592. The standard InChI is InChI=1S/C16H21NO3/c1-4-16(2)9-13(16)14(18)17(3)10-11-5-7-12(8-6-11)15(19)20/h5-8,13H,4,9-10H2,1-3H3,(H,19,20). The first-order valence-electron chi connectivity index (χ1n) is 6.94. The Bertz CT molecular complexity index is 523. The summed E-state index contributed by atoms with van der Waals surface area (Å²) >= 11 is 0. The fourth-order valence-corrected chi connectivity index (χ4v) is 2.55. The number of amides is 1. The highest BCUT2D eigenvalue weighted by Crippen LogP contribution is 2.55. The lowest BCUT2D eigenvalue weighted by atomic mass is 10.0. The minimum absolute atomic E-state index is 0.149. The number of hydrogen-bond donors (Lipinski definition) is 1. The highest BCUT2D eigenvalue weighted by atomic mass is 16.4.